The van der Waals surface area contributed by atoms with Crippen LogP contribution in [-0.4, -0.2) is 23.0 Å². The number of carbonyl (C=O) groups excluding carboxylic acids is 1. The quantitative estimate of drug-likeness (QED) is 0.840. The lowest BCUT2D eigenvalue weighted by Gasteiger charge is -2.22. The van der Waals surface area contributed by atoms with Gasteiger partial charge in [-0.3, -0.25) is 4.79 Å². The first-order valence-electron chi connectivity index (χ1n) is 4.93. The van der Waals surface area contributed by atoms with Crippen LogP contribution in [0.15, 0.2) is 18.2 Å². The molecule has 1 atom stereocenters. The molecule has 18 heavy (non-hydrogen) atoms. The first-order valence-corrected chi connectivity index (χ1v) is 4.93. The Bertz CT molecular complexity index is 522. The SMILES string of the molecule is O=C1CC(C(=O)O)Oc2ccc(C(F)(F)F)cc21. The van der Waals surface area contributed by atoms with E-state index >= 15 is 0 Å². The highest BCUT2D eigenvalue weighted by atomic mass is 19.4. The average Bonchev–Trinajstić information content (AvgIpc) is 2.27. The summed E-state index contributed by atoms with van der Waals surface area (Å²) in [5, 5.41) is 8.71. The molecule has 96 valence electrons. The van der Waals surface area contributed by atoms with Crippen LogP contribution in [0, 0.1) is 0 Å². The zero-order valence-corrected chi connectivity index (χ0v) is 8.82. The molecule has 1 aromatic rings. The fourth-order valence-electron chi connectivity index (χ4n) is 1.64. The van der Waals surface area contributed by atoms with E-state index in [0.29, 0.717) is 6.07 Å². The zero-order valence-electron chi connectivity index (χ0n) is 8.82. The van der Waals surface area contributed by atoms with E-state index in [4.69, 9.17) is 9.84 Å². The van der Waals surface area contributed by atoms with E-state index in [1.807, 2.05) is 0 Å². The highest BCUT2D eigenvalue weighted by Gasteiger charge is 2.35. The number of hydrogen-bond donors (Lipinski definition) is 1. The fraction of sp³-hybridized carbons (Fsp3) is 0.273. The third kappa shape index (κ3) is 2.15. The van der Waals surface area contributed by atoms with Crippen LogP contribution >= 0.6 is 0 Å². The summed E-state index contributed by atoms with van der Waals surface area (Å²) in [4.78, 5) is 22.2. The van der Waals surface area contributed by atoms with Crippen molar-refractivity contribution in [1.29, 1.82) is 0 Å². The molecule has 1 aliphatic heterocycles. The second-order valence-electron chi connectivity index (χ2n) is 3.78. The van der Waals surface area contributed by atoms with Gasteiger partial charge in [-0.15, -0.1) is 0 Å². The minimum absolute atomic E-state index is 0.133. The summed E-state index contributed by atoms with van der Waals surface area (Å²) < 4.78 is 42.3. The molecule has 2 rings (SSSR count). The lowest BCUT2D eigenvalue weighted by atomic mass is 9.98. The van der Waals surface area contributed by atoms with Crippen molar-refractivity contribution in [3.05, 3.63) is 29.3 Å². The van der Waals surface area contributed by atoms with Gasteiger partial charge in [-0.1, -0.05) is 0 Å². The molecule has 0 spiro atoms. The number of carboxylic acids is 1. The summed E-state index contributed by atoms with van der Waals surface area (Å²) in [5.74, 6) is -2.13. The Labute approximate surface area is 99.0 Å². The van der Waals surface area contributed by atoms with Crippen LogP contribution < -0.4 is 4.74 Å². The molecule has 1 aromatic carbocycles. The van der Waals surface area contributed by atoms with Gasteiger partial charge in [0.05, 0.1) is 17.5 Å². The second-order valence-corrected chi connectivity index (χ2v) is 3.78. The molecule has 0 amide bonds. The maximum absolute atomic E-state index is 12.4. The number of ether oxygens (including phenoxy) is 1. The number of halogens is 3. The van der Waals surface area contributed by atoms with E-state index in [1.54, 1.807) is 0 Å². The number of hydrogen-bond acceptors (Lipinski definition) is 3. The largest absolute Gasteiger partial charge is 0.478 e. The summed E-state index contributed by atoms with van der Waals surface area (Å²) in [7, 11) is 0. The molecule has 7 heteroatoms. The molecular weight excluding hydrogens is 253 g/mol. The van der Waals surface area contributed by atoms with E-state index in [0.717, 1.165) is 12.1 Å². The van der Waals surface area contributed by atoms with Gasteiger partial charge in [-0.2, -0.15) is 13.2 Å². The van der Waals surface area contributed by atoms with E-state index in [9.17, 15) is 22.8 Å². The number of alkyl halides is 3. The molecule has 0 aromatic heterocycles. The zero-order chi connectivity index (χ0) is 13.5. The van der Waals surface area contributed by atoms with E-state index < -0.39 is 36.0 Å². The smallest absolute Gasteiger partial charge is 0.416 e. The second kappa shape index (κ2) is 4.01. The third-order valence-electron chi connectivity index (χ3n) is 2.52. The molecule has 0 radical (unpaired) electrons. The van der Waals surface area contributed by atoms with Gasteiger partial charge in [-0.25, -0.2) is 4.79 Å². The molecule has 1 N–H and O–H groups in total. The first-order chi connectivity index (χ1) is 8.29. The van der Waals surface area contributed by atoms with Gasteiger partial charge in [0.25, 0.3) is 0 Å². The topological polar surface area (TPSA) is 63.6 Å². The Hall–Kier alpha value is -2.05. The van der Waals surface area contributed by atoms with E-state index in [2.05, 4.69) is 0 Å². The van der Waals surface area contributed by atoms with Gasteiger partial charge in [0.15, 0.2) is 5.78 Å². The predicted molar refractivity (Wildman–Crippen MR) is 52.4 cm³/mol. The Kier molecular flexibility index (Phi) is 2.76. The van der Waals surface area contributed by atoms with Crippen LogP contribution in [0.25, 0.3) is 0 Å². The number of benzene rings is 1. The number of fused-ring (bicyclic) bond motifs is 1. The molecule has 0 fully saturated rings. The van der Waals surface area contributed by atoms with E-state index in [1.165, 1.54) is 0 Å². The summed E-state index contributed by atoms with van der Waals surface area (Å²) in [5.41, 5.74) is -1.20. The van der Waals surface area contributed by atoms with Gasteiger partial charge in [0, 0.05) is 0 Å². The van der Waals surface area contributed by atoms with Crippen molar-refractivity contribution in [3.8, 4) is 5.75 Å². The minimum atomic E-state index is -4.56. The van der Waals surface area contributed by atoms with Crippen LogP contribution in [0.2, 0.25) is 0 Å². The van der Waals surface area contributed by atoms with Crippen LogP contribution in [0.5, 0.6) is 5.75 Å². The number of carbonyl (C=O) groups is 2. The first kappa shape index (κ1) is 12.4. The maximum Gasteiger partial charge on any atom is 0.416 e. The molecule has 0 saturated carbocycles. The van der Waals surface area contributed by atoms with Crippen molar-refractivity contribution in [1.82, 2.24) is 0 Å². The van der Waals surface area contributed by atoms with Gasteiger partial charge in [0.1, 0.15) is 5.75 Å². The Morgan fingerprint density at radius 1 is 1.39 bits per heavy atom. The Morgan fingerprint density at radius 3 is 2.61 bits per heavy atom. The summed E-state index contributed by atoms with van der Waals surface area (Å²) in [6.07, 6.45) is -6.37. The Morgan fingerprint density at radius 2 is 2.06 bits per heavy atom. The van der Waals surface area contributed by atoms with Crippen LogP contribution in [0.4, 0.5) is 13.2 Å². The number of carboxylic acid groups (broad SMARTS) is 1. The van der Waals surface area contributed by atoms with Crippen molar-refractivity contribution in [2.75, 3.05) is 0 Å². The van der Waals surface area contributed by atoms with Crippen molar-refractivity contribution in [2.24, 2.45) is 0 Å². The molecule has 4 nitrogen and oxygen atoms in total. The lowest BCUT2D eigenvalue weighted by molar-refractivity contribution is -0.145. The molecule has 1 unspecified atom stereocenters. The van der Waals surface area contributed by atoms with Crippen molar-refractivity contribution >= 4 is 11.8 Å². The molecule has 0 bridgehead atoms. The van der Waals surface area contributed by atoms with Gasteiger partial charge in [-0.05, 0) is 18.2 Å². The molecule has 1 aliphatic rings. The highest BCUT2D eigenvalue weighted by molar-refractivity contribution is 6.02. The predicted octanol–water partition coefficient (Wildman–Crippen LogP) is 2.12. The highest BCUT2D eigenvalue weighted by Crippen LogP contribution is 2.35. The summed E-state index contributed by atoms with van der Waals surface area (Å²) in [6, 6.07) is 2.39. The van der Waals surface area contributed by atoms with Crippen LogP contribution in [0.3, 0.4) is 0 Å². The summed E-state index contributed by atoms with van der Waals surface area (Å²) >= 11 is 0. The average molecular weight is 260 g/mol. The summed E-state index contributed by atoms with van der Waals surface area (Å²) in [6.45, 7) is 0. The molecular formula is C11H7F3O4. The minimum Gasteiger partial charge on any atom is -0.478 e. The number of rotatable bonds is 1. The van der Waals surface area contributed by atoms with Crippen molar-refractivity contribution < 1.29 is 32.6 Å². The normalized spacial score (nSPS) is 19.1. The lowest BCUT2D eigenvalue weighted by Crippen LogP contribution is -2.34. The number of ketones is 1. The Balaban J connectivity index is 2.41. The fourth-order valence-corrected chi connectivity index (χ4v) is 1.64. The standard InChI is InChI=1S/C11H7F3O4/c12-11(13,14)5-1-2-8-6(3-5)7(15)4-9(18-8)10(16)17/h1-3,9H,4H2,(H,16,17). The van der Waals surface area contributed by atoms with Crippen LogP contribution in [-0.2, 0) is 11.0 Å². The van der Waals surface area contributed by atoms with Gasteiger partial charge >= 0.3 is 12.1 Å². The van der Waals surface area contributed by atoms with Gasteiger partial charge in [0.2, 0.25) is 6.10 Å². The van der Waals surface area contributed by atoms with Crippen molar-refractivity contribution in [3.63, 3.8) is 0 Å². The van der Waals surface area contributed by atoms with Crippen LogP contribution in [0.1, 0.15) is 22.3 Å². The molecule has 0 aliphatic carbocycles. The molecule has 0 saturated heterocycles. The molecule has 1 heterocycles. The number of aliphatic carboxylic acids is 1. The van der Waals surface area contributed by atoms with Gasteiger partial charge < -0.3 is 9.84 Å². The maximum atomic E-state index is 12.4. The third-order valence-corrected chi connectivity index (χ3v) is 2.52. The number of Topliss-reactive ketones (excluding diaryl/α,β-unsaturated/α-hetero) is 1. The van der Waals surface area contributed by atoms with E-state index in [-0.39, 0.29) is 11.3 Å². The van der Waals surface area contributed by atoms with Crippen molar-refractivity contribution in [2.45, 2.75) is 18.7 Å². The monoisotopic (exact) mass is 260 g/mol.